The first-order valence-corrected chi connectivity index (χ1v) is 14.4. The van der Waals surface area contributed by atoms with Gasteiger partial charge in [0.1, 0.15) is 17.5 Å². The zero-order valence-electron chi connectivity index (χ0n) is 23.5. The highest BCUT2D eigenvalue weighted by atomic mass is 32.2. The maximum Gasteiger partial charge on any atom is 0.317 e. The van der Waals surface area contributed by atoms with Crippen LogP contribution in [0.3, 0.4) is 0 Å². The number of benzene rings is 1. The highest BCUT2D eigenvalue weighted by Gasteiger charge is 2.32. The summed E-state index contributed by atoms with van der Waals surface area (Å²) in [6, 6.07) is 4.01. The lowest BCUT2D eigenvalue weighted by molar-refractivity contribution is -0.134. The number of ether oxygens (including phenoxy) is 1. The molecular formula is C26H39N5O7S. The van der Waals surface area contributed by atoms with Gasteiger partial charge in [-0.15, -0.1) is 0 Å². The van der Waals surface area contributed by atoms with Crippen molar-refractivity contribution in [3.63, 3.8) is 0 Å². The zero-order valence-corrected chi connectivity index (χ0v) is 24.3. The molecule has 12 nitrogen and oxygen atoms in total. The molecule has 2 aromatic rings. The smallest absolute Gasteiger partial charge is 0.317 e. The number of aryl methyl sites for hydroxylation is 2. The van der Waals surface area contributed by atoms with E-state index >= 15 is 0 Å². The number of sulfonamides is 1. The molecule has 3 rings (SSSR count). The summed E-state index contributed by atoms with van der Waals surface area (Å²) in [4.78, 5) is 29.1. The van der Waals surface area contributed by atoms with Crippen molar-refractivity contribution in [2.45, 2.75) is 71.0 Å². The van der Waals surface area contributed by atoms with Gasteiger partial charge >= 0.3 is 6.03 Å². The van der Waals surface area contributed by atoms with Crippen LogP contribution in [0.5, 0.6) is 5.75 Å². The lowest BCUT2D eigenvalue weighted by atomic mass is 10.0. The minimum absolute atomic E-state index is 0.0364. The number of carbonyl (C=O) groups excluding carboxylic acids is 2. The Labute approximate surface area is 229 Å². The summed E-state index contributed by atoms with van der Waals surface area (Å²) in [6.45, 7) is 10.8. The quantitative estimate of drug-likeness (QED) is 0.441. The molecule has 3 N–H and O–H groups in total. The number of hydrogen-bond acceptors (Lipinski definition) is 8. The highest BCUT2D eigenvalue weighted by molar-refractivity contribution is 7.92. The second-order valence-corrected chi connectivity index (χ2v) is 12.1. The molecule has 3 atom stereocenters. The van der Waals surface area contributed by atoms with Gasteiger partial charge in [0.15, 0.2) is 10.7 Å². The molecule has 13 heteroatoms. The lowest BCUT2D eigenvalue weighted by Gasteiger charge is -2.34. The van der Waals surface area contributed by atoms with Crippen molar-refractivity contribution in [3.8, 4) is 5.75 Å². The van der Waals surface area contributed by atoms with Crippen LogP contribution in [0.2, 0.25) is 0 Å². The van der Waals surface area contributed by atoms with E-state index in [0.717, 1.165) is 0 Å². The summed E-state index contributed by atoms with van der Waals surface area (Å²) in [6.07, 6.45) is -0.556. The molecule has 0 spiro atoms. The van der Waals surface area contributed by atoms with Crippen molar-refractivity contribution < 1.29 is 32.4 Å². The molecular weight excluding hydrogens is 526 g/mol. The number of anilines is 1. The second kappa shape index (κ2) is 12.2. The molecule has 1 aliphatic heterocycles. The van der Waals surface area contributed by atoms with Crippen LogP contribution in [0, 0.1) is 19.8 Å². The van der Waals surface area contributed by atoms with Gasteiger partial charge in [0, 0.05) is 36.8 Å². The third-order valence-corrected chi connectivity index (χ3v) is 8.24. The van der Waals surface area contributed by atoms with Gasteiger partial charge in [-0.2, -0.15) is 0 Å². The van der Waals surface area contributed by atoms with Crippen LogP contribution in [0.15, 0.2) is 27.6 Å². The third-order valence-electron chi connectivity index (χ3n) is 6.62. The Kier molecular flexibility index (Phi) is 9.49. The lowest BCUT2D eigenvalue weighted by Crippen LogP contribution is -2.49. The number of amides is 3. The normalized spacial score (nSPS) is 18.9. The summed E-state index contributed by atoms with van der Waals surface area (Å²) in [5.74, 6) is 0.153. The maximum atomic E-state index is 13.4. The minimum Gasteiger partial charge on any atom is -0.488 e. The zero-order chi connectivity index (χ0) is 29.1. The van der Waals surface area contributed by atoms with Crippen LogP contribution in [0.1, 0.15) is 44.7 Å². The van der Waals surface area contributed by atoms with E-state index in [0.29, 0.717) is 17.9 Å². The van der Waals surface area contributed by atoms with Crippen LogP contribution < -0.4 is 14.8 Å². The van der Waals surface area contributed by atoms with Gasteiger partial charge in [-0.25, -0.2) is 13.2 Å². The average molecular weight is 566 g/mol. The number of hydrogen-bond donors (Lipinski definition) is 3. The number of rotatable bonds is 8. The van der Waals surface area contributed by atoms with Crippen LogP contribution in [0.25, 0.3) is 0 Å². The van der Waals surface area contributed by atoms with E-state index in [-0.39, 0.29) is 65.5 Å². The van der Waals surface area contributed by atoms with Crippen molar-refractivity contribution in [2.75, 3.05) is 31.5 Å². The predicted octanol–water partition coefficient (Wildman–Crippen LogP) is 2.29. The first-order valence-electron chi connectivity index (χ1n) is 12.9. The Balaban J connectivity index is 1.98. The molecule has 3 amide bonds. The van der Waals surface area contributed by atoms with Crippen molar-refractivity contribution in [1.29, 1.82) is 0 Å². The molecule has 0 unspecified atom stereocenters. The van der Waals surface area contributed by atoms with Crippen LogP contribution >= 0.6 is 0 Å². The molecule has 39 heavy (non-hydrogen) atoms. The van der Waals surface area contributed by atoms with Crippen molar-refractivity contribution in [2.24, 2.45) is 5.92 Å². The number of carbonyl (C=O) groups is 2. The van der Waals surface area contributed by atoms with E-state index in [9.17, 15) is 23.1 Å². The Morgan fingerprint density at radius 1 is 1.28 bits per heavy atom. The Morgan fingerprint density at radius 3 is 2.56 bits per heavy atom. The fourth-order valence-electron chi connectivity index (χ4n) is 4.49. The molecule has 1 aromatic heterocycles. The SMILES string of the molecule is Cc1noc(C)c1S(=O)(=O)Nc1ccc2c(c1)CC(=O)N([C@H](C)CO)C[C@H](C)[C@H](CN(C)C(=O)NC(C)C)O2. The van der Waals surface area contributed by atoms with Crippen molar-refractivity contribution >= 4 is 27.6 Å². The summed E-state index contributed by atoms with van der Waals surface area (Å²) in [5, 5.41) is 16.4. The van der Waals surface area contributed by atoms with E-state index in [1.54, 1.807) is 37.1 Å². The molecule has 1 aromatic carbocycles. The third kappa shape index (κ3) is 7.21. The Hall–Kier alpha value is -3.32. The maximum absolute atomic E-state index is 13.4. The van der Waals surface area contributed by atoms with E-state index < -0.39 is 22.2 Å². The standard InChI is InChI=1S/C26H39N5O7S/c1-15(2)27-26(34)30(7)13-23-16(3)12-31(17(4)14-32)24(33)11-20-10-21(8-9-22(20)37-23)29-39(35,36)25-18(5)28-38-19(25)6/h8-10,15-17,23,29,32H,11-14H2,1-7H3,(H,27,34)/t16-,17+,23-/m0/s1. The summed E-state index contributed by atoms with van der Waals surface area (Å²) in [5.41, 5.74) is 0.948. The van der Waals surface area contributed by atoms with Crippen molar-refractivity contribution in [1.82, 2.24) is 20.3 Å². The number of aliphatic hydroxyl groups excluding tert-OH is 1. The molecule has 0 radical (unpaired) electrons. The number of aromatic nitrogens is 1. The van der Waals surface area contributed by atoms with Gasteiger partial charge in [0.2, 0.25) is 5.91 Å². The Morgan fingerprint density at radius 2 is 1.97 bits per heavy atom. The topological polar surface area (TPSA) is 154 Å². The van der Waals surface area contributed by atoms with E-state index in [1.807, 2.05) is 20.8 Å². The number of fused-ring (bicyclic) bond motifs is 1. The van der Waals surface area contributed by atoms with E-state index in [2.05, 4.69) is 15.2 Å². The summed E-state index contributed by atoms with van der Waals surface area (Å²) < 4.78 is 40.1. The molecule has 0 saturated carbocycles. The summed E-state index contributed by atoms with van der Waals surface area (Å²) >= 11 is 0. The first kappa shape index (κ1) is 30.2. The fourth-order valence-corrected chi connectivity index (χ4v) is 5.87. The average Bonchev–Trinajstić information content (AvgIpc) is 3.21. The minimum atomic E-state index is -4.00. The number of likely N-dealkylation sites (N-methyl/N-ethyl adjacent to an activating group) is 1. The molecule has 0 aliphatic carbocycles. The Bertz CT molecular complexity index is 1270. The number of nitrogens with one attached hydrogen (secondary N) is 2. The monoisotopic (exact) mass is 565 g/mol. The number of aliphatic hydroxyl groups is 1. The van der Waals surface area contributed by atoms with Gasteiger partial charge < -0.3 is 29.5 Å². The van der Waals surface area contributed by atoms with Gasteiger partial charge in [-0.05, 0) is 52.8 Å². The van der Waals surface area contributed by atoms with E-state index in [1.165, 1.54) is 18.7 Å². The van der Waals surface area contributed by atoms with Crippen LogP contribution in [-0.2, 0) is 21.2 Å². The highest BCUT2D eigenvalue weighted by Crippen LogP contribution is 2.31. The predicted molar refractivity (Wildman–Crippen MR) is 145 cm³/mol. The van der Waals surface area contributed by atoms with Gasteiger partial charge in [0.05, 0.1) is 25.6 Å². The van der Waals surface area contributed by atoms with E-state index in [4.69, 9.17) is 9.26 Å². The fraction of sp³-hybridized carbons (Fsp3) is 0.577. The van der Waals surface area contributed by atoms with Crippen LogP contribution in [0.4, 0.5) is 10.5 Å². The first-order chi connectivity index (χ1) is 18.2. The van der Waals surface area contributed by atoms with Crippen LogP contribution in [-0.4, -0.2) is 85.4 Å². The summed E-state index contributed by atoms with van der Waals surface area (Å²) in [7, 11) is -2.33. The van der Waals surface area contributed by atoms with Gasteiger partial charge in [-0.3, -0.25) is 9.52 Å². The second-order valence-electron chi connectivity index (χ2n) is 10.5. The molecule has 0 bridgehead atoms. The molecule has 1 aliphatic rings. The molecule has 0 fully saturated rings. The number of urea groups is 1. The molecule has 216 valence electrons. The number of nitrogens with zero attached hydrogens (tertiary/aromatic N) is 3. The van der Waals surface area contributed by atoms with Gasteiger partial charge in [0.25, 0.3) is 10.0 Å². The van der Waals surface area contributed by atoms with Gasteiger partial charge in [-0.1, -0.05) is 12.1 Å². The molecule has 2 heterocycles. The van der Waals surface area contributed by atoms with Crippen molar-refractivity contribution in [3.05, 3.63) is 35.2 Å². The largest absolute Gasteiger partial charge is 0.488 e. The molecule has 0 saturated heterocycles.